The molecule has 0 amide bonds. The molecular weight excluding hydrogens is 378 g/mol. The Bertz CT molecular complexity index is 773. The molecule has 2 bridgehead atoms. The van der Waals surface area contributed by atoms with Crippen molar-refractivity contribution >= 4 is 0 Å². The molecular formula is C25H39NO4. The molecule has 5 rings (SSSR count). The van der Waals surface area contributed by atoms with E-state index in [-0.39, 0.29) is 47.2 Å². The summed E-state index contributed by atoms with van der Waals surface area (Å²) >= 11 is 0. The van der Waals surface area contributed by atoms with Crippen molar-refractivity contribution in [3.05, 3.63) is 23.8 Å². The lowest BCUT2D eigenvalue weighted by Crippen LogP contribution is -2.71. The fourth-order valence-corrected chi connectivity index (χ4v) is 8.29. The van der Waals surface area contributed by atoms with Gasteiger partial charge in [-0.05, 0) is 63.1 Å². The third-order valence-corrected chi connectivity index (χ3v) is 9.88. The van der Waals surface area contributed by atoms with Gasteiger partial charge in [0.2, 0.25) is 0 Å². The number of nitrogens with one attached hydrogen (secondary N) is 1. The molecule has 168 valence electrons. The molecule has 10 atom stereocenters. The highest BCUT2D eigenvalue weighted by atomic mass is 16.7. The van der Waals surface area contributed by atoms with E-state index in [0.29, 0.717) is 5.92 Å². The minimum absolute atomic E-state index is 0.0427. The molecule has 2 saturated carbocycles. The van der Waals surface area contributed by atoms with E-state index in [0.717, 1.165) is 25.7 Å². The van der Waals surface area contributed by atoms with Gasteiger partial charge in [-0.25, -0.2) is 0 Å². The SMILES string of the molecule is C=CC1OC2C3=C(C)CCC(O)(C(C)C4C5C(CCC4(C)C2O1)OC5NC)C3(C)C. The maximum absolute atomic E-state index is 12.4. The molecule has 5 heteroatoms. The van der Waals surface area contributed by atoms with Crippen LogP contribution in [-0.4, -0.2) is 48.6 Å². The monoisotopic (exact) mass is 417 g/mol. The van der Waals surface area contributed by atoms with Crippen molar-refractivity contribution in [2.45, 2.75) is 96.7 Å². The fraction of sp³-hybridized carbons (Fsp3) is 0.840. The van der Waals surface area contributed by atoms with Gasteiger partial charge < -0.3 is 19.3 Å². The number of aliphatic hydroxyl groups is 1. The number of hydrogen-bond acceptors (Lipinski definition) is 5. The Morgan fingerprint density at radius 3 is 2.57 bits per heavy atom. The number of fused-ring (bicyclic) bond motifs is 8. The molecule has 0 spiro atoms. The number of rotatable bonds is 2. The first-order chi connectivity index (χ1) is 14.1. The quantitative estimate of drug-likeness (QED) is 0.670. The van der Waals surface area contributed by atoms with Gasteiger partial charge in [0.25, 0.3) is 0 Å². The van der Waals surface area contributed by atoms with Crippen molar-refractivity contribution < 1.29 is 19.3 Å². The molecule has 0 aromatic carbocycles. The van der Waals surface area contributed by atoms with Crippen molar-refractivity contribution in [3.63, 3.8) is 0 Å². The largest absolute Gasteiger partial charge is 0.389 e. The molecule has 0 radical (unpaired) electrons. The summed E-state index contributed by atoms with van der Waals surface area (Å²) in [6, 6.07) is 0. The van der Waals surface area contributed by atoms with Gasteiger partial charge in [0.1, 0.15) is 12.3 Å². The summed E-state index contributed by atoms with van der Waals surface area (Å²) < 4.78 is 19.3. The fourth-order valence-electron chi connectivity index (χ4n) is 8.29. The third kappa shape index (κ3) is 2.42. The van der Waals surface area contributed by atoms with Crippen LogP contribution in [0.5, 0.6) is 0 Å². The molecule has 10 unspecified atom stereocenters. The highest BCUT2D eigenvalue weighted by molar-refractivity contribution is 5.36. The van der Waals surface area contributed by atoms with Crippen molar-refractivity contribution in [1.29, 1.82) is 0 Å². The van der Waals surface area contributed by atoms with Gasteiger partial charge in [-0.3, -0.25) is 5.32 Å². The first-order valence-corrected chi connectivity index (χ1v) is 11.8. The second-order valence-electron chi connectivity index (χ2n) is 11.3. The summed E-state index contributed by atoms with van der Waals surface area (Å²) in [6.07, 6.45) is 5.29. The third-order valence-electron chi connectivity index (χ3n) is 9.88. The van der Waals surface area contributed by atoms with Crippen LogP contribution in [0.2, 0.25) is 0 Å². The summed E-state index contributed by atoms with van der Waals surface area (Å²) in [5, 5.41) is 15.8. The molecule has 0 aromatic heterocycles. The van der Waals surface area contributed by atoms with Gasteiger partial charge in [0.05, 0.1) is 17.8 Å². The Labute approximate surface area is 181 Å². The van der Waals surface area contributed by atoms with Crippen molar-refractivity contribution in [2.24, 2.45) is 28.6 Å². The van der Waals surface area contributed by atoms with Crippen LogP contribution in [0, 0.1) is 28.6 Å². The van der Waals surface area contributed by atoms with Crippen LogP contribution in [0.25, 0.3) is 0 Å². The van der Waals surface area contributed by atoms with E-state index in [1.54, 1.807) is 6.08 Å². The molecule has 30 heavy (non-hydrogen) atoms. The summed E-state index contributed by atoms with van der Waals surface area (Å²) in [4.78, 5) is 0. The average Bonchev–Trinajstić information content (AvgIpc) is 3.11. The van der Waals surface area contributed by atoms with Gasteiger partial charge in [0.15, 0.2) is 6.29 Å². The Morgan fingerprint density at radius 2 is 1.90 bits per heavy atom. The van der Waals surface area contributed by atoms with E-state index in [2.05, 4.69) is 46.5 Å². The van der Waals surface area contributed by atoms with Gasteiger partial charge in [-0.15, -0.1) is 0 Å². The van der Waals surface area contributed by atoms with Crippen LogP contribution in [0.15, 0.2) is 23.8 Å². The topological polar surface area (TPSA) is 60.0 Å². The minimum Gasteiger partial charge on any atom is -0.389 e. The van der Waals surface area contributed by atoms with Gasteiger partial charge in [-0.2, -0.15) is 0 Å². The van der Waals surface area contributed by atoms with Crippen LogP contribution in [0.4, 0.5) is 0 Å². The first kappa shape index (κ1) is 21.1. The van der Waals surface area contributed by atoms with Crippen LogP contribution in [0.1, 0.15) is 60.3 Å². The first-order valence-electron chi connectivity index (χ1n) is 11.8. The van der Waals surface area contributed by atoms with Gasteiger partial charge >= 0.3 is 0 Å². The lowest BCUT2D eigenvalue weighted by atomic mass is 9.44. The molecule has 4 fully saturated rings. The predicted octanol–water partition coefficient (Wildman–Crippen LogP) is 3.78. The van der Waals surface area contributed by atoms with E-state index in [4.69, 9.17) is 14.2 Å². The predicted molar refractivity (Wildman–Crippen MR) is 116 cm³/mol. The van der Waals surface area contributed by atoms with Gasteiger partial charge in [0, 0.05) is 16.7 Å². The zero-order chi connectivity index (χ0) is 21.6. The van der Waals surface area contributed by atoms with Crippen LogP contribution in [-0.2, 0) is 14.2 Å². The maximum atomic E-state index is 12.4. The molecule has 5 aliphatic rings. The van der Waals surface area contributed by atoms with E-state index < -0.39 is 11.9 Å². The number of allylic oxidation sites excluding steroid dienone is 1. The molecule has 0 aromatic rings. The summed E-state index contributed by atoms with van der Waals surface area (Å²) in [5.74, 6) is 0.788. The standard InChI is InChI=1S/C25H39NO4/c1-8-16-29-20-18-13(2)9-12-25(27,23(18,4)5)14(3)19-17-15(28-22(17)26-7)10-11-24(19,6)21(20)30-16/h8,14-17,19-22,26-27H,1,9-12H2,2-7H3. The van der Waals surface area contributed by atoms with E-state index in [1.165, 1.54) is 11.1 Å². The second kappa shape index (κ2) is 6.64. The normalized spacial score (nSPS) is 54.2. The van der Waals surface area contributed by atoms with Crippen molar-refractivity contribution in [3.8, 4) is 0 Å². The van der Waals surface area contributed by atoms with Crippen molar-refractivity contribution in [2.75, 3.05) is 7.05 Å². The smallest absolute Gasteiger partial charge is 0.177 e. The maximum Gasteiger partial charge on any atom is 0.177 e. The number of hydrogen-bond donors (Lipinski definition) is 2. The van der Waals surface area contributed by atoms with Crippen LogP contribution in [0.3, 0.4) is 0 Å². The lowest BCUT2D eigenvalue weighted by molar-refractivity contribution is -0.292. The van der Waals surface area contributed by atoms with Crippen molar-refractivity contribution in [1.82, 2.24) is 5.32 Å². The molecule has 2 heterocycles. The van der Waals surface area contributed by atoms with E-state index in [1.807, 2.05) is 7.05 Å². The summed E-state index contributed by atoms with van der Waals surface area (Å²) in [6.45, 7) is 15.3. The van der Waals surface area contributed by atoms with E-state index in [9.17, 15) is 5.11 Å². The highest BCUT2D eigenvalue weighted by Gasteiger charge is 2.69. The molecule has 2 aliphatic heterocycles. The molecule has 2 saturated heterocycles. The Balaban J connectivity index is 1.72. The average molecular weight is 418 g/mol. The second-order valence-corrected chi connectivity index (χ2v) is 11.3. The Morgan fingerprint density at radius 1 is 1.17 bits per heavy atom. The Hall–Kier alpha value is -0.720. The van der Waals surface area contributed by atoms with E-state index >= 15 is 0 Å². The van der Waals surface area contributed by atoms with Gasteiger partial charge in [-0.1, -0.05) is 39.8 Å². The summed E-state index contributed by atoms with van der Waals surface area (Å²) in [5.41, 5.74) is 1.34. The van der Waals surface area contributed by atoms with Crippen LogP contribution < -0.4 is 5.32 Å². The number of ether oxygens (including phenoxy) is 3. The highest BCUT2D eigenvalue weighted by Crippen LogP contribution is 2.66. The molecule has 3 aliphatic carbocycles. The minimum atomic E-state index is -0.788. The zero-order valence-electron chi connectivity index (χ0n) is 19.4. The Kier molecular flexibility index (Phi) is 4.68. The zero-order valence-corrected chi connectivity index (χ0v) is 19.4. The lowest BCUT2D eigenvalue weighted by Gasteiger charge is -2.66. The van der Waals surface area contributed by atoms with Crippen LogP contribution >= 0.6 is 0 Å². The summed E-state index contributed by atoms with van der Waals surface area (Å²) in [7, 11) is 1.98. The molecule has 5 nitrogen and oxygen atoms in total. The molecule has 2 N–H and O–H groups in total.